The Morgan fingerprint density at radius 1 is 0.810 bits per heavy atom. The predicted molar refractivity (Wildman–Crippen MR) is 84.1 cm³/mol. The first kappa shape index (κ1) is 13.1. The fraction of sp³-hybridized carbons (Fsp3) is 0. The number of hydrogen-bond acceptors (Lipinski definition) is 2. The maximum Gasteiger partial charge on any atom is 0.255 e. The summed E-state index contributed by atoms with van der Waals surface area (Å²) in [6, 6.07) is 21.1. The second-order valence-electron chi connectivity index (χ2n) is 4.64. The topological polar surface area (TPSA) is 42.0 Å². The predicted octanol–water partition coefficient (Wildman–Crippen LogP) is 4.00. The Morgan fingerprint density at radius 2 is 1.52 bits per heavy atom. The second kappa shape index (κ2) is 6.01. The lowest BCUT2D eigenvalue weighted by Gasteiger charge is -2.07. The first-order chi connectivity index (χ1) is 10.3. The Bertz CT molecular complexity index is 739. The van der Waals surface area contributed by atoms with Crippen molar-refractivity contribution in [2.75, 3.05) is 5.32 Å². The highest BCUT2D eigenvalue weighted by Gasteiger charge is 2.07. The number of pyridine rings is 1. The van der Waals surface area contributed by atoms with E-state index in [2.05, 4.69) is 10.3 Å². The van der Waals surface area contributed by atoms with Gasteiger partial charge in [0.25, 0.3) is 5.91 Å². The lowest BCUT2D eigenvalue weighted by atomic mass is 10.0. The Morgan fingerprint density at radius 3 is 2.29 bits per heavy atom. The van der Waals surface area contributed by atoms with Crippen LogP contribution in [-0.4, -0.2) is 10.9 Å². The number of aromatic nitrogens is 1. The van der Waals surface area contributed by atoms with Gasteiger partial charge in [0.05, 0.1) is 0 Å². The molecule has 0 bridgehead atoms. The average molecular weight is 274 g/mol. The Balaban J connectivity index is 1.85. The van der Waals surface area contributed by atoms with Gasteiger partial charge in [-0.3, -0.25) is 9.78 Å². The van der Waals surface area contributed by atoms with Crippen molar-refractivity contribution >= 4 is 11.6 Å². The van der Waals surface area contributed by atoms with Gasteiger partial charge < -0.3 is 5.32 Å². The molecule has 0 radical (unpaired) electrons. The van der Waals surface area contributed by atoms with Crippen LogP contribution in [0, 0.1) is 0 Å². The van der Waals surface area contributed by atoms with Crippen LogP contribution in [0.4, 0.5) is 5.69 Å². The van der Waals surface area contributed by atoms with E-state index in [-0.39, 0.29) is 5.91 Å². The van der Waals surface area contributed by atoms with E-state index in [1.807, 2.05) is 54.6 Å². The summed E-state index contributed by atoms with van der Waals surface area (Å²) in [5, 5.41) is 2.86. The number of nitrogens with zero attached hydrogens (tertiary/aromatic N) is 1. The molecular weight excluding hydrogens is 260 g/mol. The molecular formula is C18H14N2O. The molecule has 0 atom stereocenters. The summed E-state index contributed by atoms with van der Waals surface area (Å²) in [6.45, 7) is 0. The highest BCUT2D eigenvalue weighted by Crippen LogP contribution is 2.20. The maximum atomic E-state index is 12.3. The van der Waals surface area contributed by atoms with Crippen LogP contribution in [-0.2, 0) is 0 Å². The van der Waals surface area contributed by atoms with E-state index in [1.54, 1.807) is 24.5 Å². The monoisotopic (exact) mass is 274 g/mol. The molecule has 0 aliphatic carbocycles. The van der Waals surface area contributed by atoms with Crippen molar-refractivity contribution in [1.82, 2.24) is 4.98 Å². The van der Waals surface area contributed by atoms with Gasteiger partial charge in [-0.2, -0.15) is 0 Å². The van der Waals surface area contributed by atoms with E-state index >= 15 is 0 Å². The summed E-state index contributed by atoms with van der Waals surface area (Å²) in [7, 11) is 0. The third-order valence-electron chi connectivity index (χ3n) is 3.17. The number of nitrogens with one attached hydrogen (secondary N) is 1. The first-order valence-electron chi connectivity index (χ1n) is 6.70. The van der Waals surface area contributed by atoms with Gasteiger partial charge in [-0.15, -0.1) is 0 Å². The van der Waals surface area contributed by atoms with Crippen LogP contribution in [0.5, 0.6) is 0 Å². The minimum absolute atomic E-state index is 0.126. The third kappa shape index (κ3) is 3.15. The van der Waals surface area contributed by atoms with Gasteiger partial charge in [-0.05, 0) is 35.4 Å². The number of carbonyl (C=O) groups excluding carboxylic acids is 1. The van der Waals surface area contributed by atoms with Crippen molar-refractivity contribution in [2.45, 2.75) is 0 Å². The molecule has 102 valence electrons. The molecule has 0 aliphatic rings. The number of anilines is 1. The molecule has 2 aromatic carbocycles. The molecule has 3 heteroatoms. The summed E-state index contributed by atoms with van der Waals surface area (Å²) < 4.78 is 0. The zero-order chi connectivity index (χ0) is 14.5. The molecule has 0 aliphatic heterocycles. The number of benzene rings is 2. The maximum absolute atomic E-state index is 12.3. The van der Waals surface area contributed by atoms with Crippen molar-refractivity contribution < 1.29 is 4.79 Å². The normalized spacial score (nSPS) is 10.1. The molecule has 3 aromatic rings. The lowest BCUT2D eigenvalue weighted by Crippen LogP contribution is -2.11. The van der Waals surface area contributed by atoms with E-state index < -0.39 is 0 Å². The lowest BCUT2D eigenvalue weighted by molar-refractivity contribution is 0.102. The molecule has 21 heavy (non-hydrogen) atoms. The van der Waals surface area contributed by atoms with Gasteiger partial charge in [-0.1, -0.05) is 42.5 Å². The largest absolute Gasteiger partial charge is 0.322 e. The Labute approximate surface area is 123 Å². The number of carbonyl (C=O) groups is 1. The zero-order valence-corrected chi connectivity index (χ0v) is 11.4. The number of hydrogen-bond donors (Lipinski definition) is 1. The molecule has 0 fully saturated rings. The van der Waals surface area contributed by atoms with Crippen LogP contribution in [0.15, 0.2) is 79.1 Å². The van der Waals surface area contributed by atoms with Gasteiger partial charge in [0.15, 0.2) is 0 Å². The quantitative estimate of drug-likeness (QED) is 0.784. The summed E-state index contributed by atoms with van der Waals surface area (Å²) >= 11 is 0. The van der Waals surface area contributed by atoms with Crippen molar-refractivity contribution in [2.24, 2.45) is 0 Å². The van der Waals surface area contributed by atoms with Crippen LogP contribution < -0.4 is 5.32 Å². The van der Waals surface area contributed by atoms with Crippen molar-refractivity contribution in [3.63, 3.8) is 0 Å². The molecule has 1 N–H and O–H groups in total. The summed E-state index contributed by atoms with van der Waals surface area (Å²) in [4.78, 5) is 16.2. The number of amides is 1. The van der Waals surface area contributed by atoms with Crippen LogP contribution in [0.1, 0.15) is 10.4 Å². The van der Waals surface area contributed by atoms with Crippen LogP contribution >= 0.6 is 0 Å². The standard InChI is InChI=1S/C18H14N2O/c21-18(20-17-9-11-19-12-10-17)16-8-4-7-15(13-16)14-5-2-1-3-6-14/h1-13H,(H,19,20,21). The van der Waals surface area contributed by atoms with Crippen LogP contribution in [0.3, 0.4) is 0 Å². The van der Waals surface area contributed by atoms with Gasteiger partial charge in [-0.25, -0.2) is 0 Å². The molecule has 1 heterocycles. The summed E-state index contributed by atoms with van der Waals surface area (Å²) in [5.41, 5.74) is 3.49. The van der Waals surface area contributed by atoms with E-state index in [1.165, 1.54) is 0 Å². The molecule has 3 rings (SSSR count). The van der Waals surface area contributed by atoms with Crippen LogP contribution in [0.2, 0.25) is 0 Å². The molecule has 1 aromatic heterocycles. The summed E-state index contributed by atoms with van der Waals surface area (Å²) in [6.07, 6.45) is 3.30. The average Bonchev–Trinajstić information content (AvgIpc) is 2.57. The van der Waals surface area contributed by atoms with Gasteiger partial charge in [0.2, 0.25) is 0 Å². The van der Waals surface area contributed by atoms with E-state index in [0.29, 0.717) is 5.56 Å². The summed E-state index contributed by atoms with van der Waals surface area (Å²) in [5.74, 6) is -0.126. The van der Waals surface area contributed by atoms with Crippen molar-refractivity contribution in [3.8, 4) is 11.1 Å². The smallest absolute Gasteiger partial charge is 0.255 e. The van der Waals surface area contributed by atoms with Gasteiger partial charge in [0, 0.05) is 23.6 Å². The highest BCUT2D eigenvalue weighted by molar-refractivity contribution is 6.04. The van der Waals surface area contributed by atoms with Crippen LogP contribution in [0.25, 0.3) is 11.1 Å². The first-order valence-corrected chi connectivity index (χ1v) is 6.70. The van der Waals surface area contributed by atoms with Crippen molar-refractivity contribution in [3.05, 3.63) is 84.7 Å². The minimum Gasteiger partial charge on any atom is -0.322 e. The van der Waals surface area contributed by atoms with E-state index in [9.17, 15) is 4.79 Å². The Hall–Kier alpha value is -2.94. The fourth-order valence-corrected chi connectivity index (χ4v) is 2.11. The van der Waals surface area contributed by atoms with Gasteiger partial charge in [0.1, 0.15) is 0 Å². The molecule has 1 amide bonds. The highest BCUT2D eigenvalue weighted by atomic mass is 16.1. The van der Waals surface area contributed by atoms with E-state index in [4.69, 9.17) is 0 Å². The fourth-order valence-electron chi connectivity index (χ4n) is 2.11. The molecule has 0 saturated heterocycles. The minimum atomic E-state index is -0.126. The van der Waals surface area contributed by atoms with Gasteiger partial charge >= 0.3 is 0 Å². The molecule has 3 nitrogen and oxygen atoms in total. The zero-order valence-electron chi connectivity index (χ0n) is 11.4. The Kier molecular flexibility index (Phi) is 3.74. The number of rotatable bonds is 3. The molecule has 0 spiro atoms. The SMILES string of the molecule is O=C(Nc1ccncc1)c1cccc(-c2ccccc2)c1. The molecule has 0 unspecified atom stereocenters. The second-order valence-corrected chi connectivity index (χ2v) is 4.64. The van der Waals surface area contributed by atoms with Crippen molar-refractivity contribution in [1.29, 1.82) is 0 Å². The van der Waals surface area contributed by atoms with E-state index in [0.717, 1.165) is 16.8 Å². The third-order valence-corrected chi connectivity index (χ3v) is 3.17. The molecule has 0 saturated carbocycles.